The Morgan fingerprint density at radius 1 is 1.35 bits per heavy atom. The van der Waals surface area contributed by atoms with E-state index in [0.29, 0.717) is 6.54 Å². The van der Waals surface area contributed by atoms with Crippen molar-refractivity contribution in [2.75, 3.05) is 0 Å². The van der Waals surface area contributed by atoms with Crippen molar-refractivity contribution in [3.05, 3.63) is 18.2 Å². The highest BCUT2D eigenvalue weighted by atomic mass is 16.4. The van der Waals surface area contributed by atoms with Crippen LogP contribution in [0.4, 0.5) is 4.79 Å². The first-order valence-electron chi connectivity index (χ1n) is 6.85. The number of H-pyrrole nitrogens is 1. The molecule has 1 fully saturated rings. The van der Waals surface area contributed by atoms with Gasteiger partial charge >= 0.3 is 12.0 Å². The number of carboxylic acid groups (broad SMARTS) is 1. The van der Waals surface area contributed by atoms with Gasteiger partial charge < -0.3 is 20.7 Å². The monoisotopic (exact) mass is 280 g/mol. The van der Waals surface area contributed by atoms with Crippen molar-refractivity contribution in [3.63, 3.8) is 0 Å². The molecule has 7 nitrogen and oxygen atoms in total. The van der Waals surface area contributed by atoms with E-state index < -0.39 is 11.5 Å². The number of urea groups is 1. The van der Waals surface area contributed by atoms with Crippen molar-refractivity contribution < 1.29 is 14.7 Å². The van der Waals surface area contributed by atoms with Gasteiger partial charge in [-0.3, -0.25) is 4.79 Å². The Morgan fingerprint density at radius 3 is 2.70 bits per heavy atom. The quantitative estimate of drug-likeness (QED) is 0.653. The molecule has 1 aromatic rings. The summed E-state index contributed by atoms with van der Waals surface area (Å²) >= 11 is 0. The normalized spacial score (nSPS) is 17.4. The second kappa shape index (κ2) is 6.40. The molecule has 0 aliphatic heterocycles. The van der Waals surface area contributed by atoms with Gasteiger partial charge in [-0.1, -0.05) is 19.3 Å². The highest BCUT2D eigenvalue weighted by molar-refractivity contribution is 5.76. The predicted molar refractivity (Wildman–Crippen MR) is 72.0 cm³/mol. The summed E-state index contributed by atoms with van der Waals surface area (Å²) in [4.78, 5) is 29.7. The van der Waals surface area contributed by atoms with Crippen LogP contribution in [0.1, 0.15) is 44.2 Å². The van der Waals surface area contributed by atoms with Crippen LogP contribution in [0.25, 0.3) is 0 Å². The maximum absolute atomic E-state index is 11.9. The van der Waals surface area contributed by atoms with Gasteiger partial charge in [0.1, 0.15) is 0 Å². The molecule has 0 saturated heterocycles. The molecular formula is C13H20N4O3. The van der Waals surface area contributed by atoms with Crippen LogP contribution in [-0.4, -0.2) is 32.6 Å². The van der Waals surface area contributed by atoms with Gasteiger partial charge in [0, 0.05) is 6.20 Å². The second-order valence-corrected chi connectivity index (χ2v) is 5.30. The van der Waals surface area contributed by atoms with Crippen LogP contribution in [0.15, 0.2) is 12.5 Å². The molecule has 0 radical (unpaired) electrons. The fraction of sp³-hybridized carbons (Fsp3) is 0.615. The van der Waals surface area contributed by atoms with Crippen molar-refractivity contribution in [2.24, 2.45) is 0 Å². The van der Waals surface area contributed by atoms with Crippen LogP contribution in [0.3, 0.4) is 0 Å². The first kappa shape index (κ1) is 14.4. The number of carbonyl (C=O) groups excluding carboxylic acids is 1. The third-order valence-electron chi connectivity index (χ3n) is 3.67. The number of aliphatic carboxylic acids is 1. The summed E-state index contributed by atoms with van der Waals surface area (Å²) in [5.74, 6) is -0.874. The molecular weight excluding hydrogens is 260 g/mol. The minimum absolute atomic E-state index is 0.0233. The molecule has 4 N–H and O–H groups in total. The van der Waals surface area contributed by atoms with Crippen molar-refractivity contribution in [1.29, 1.82) is 0 Å². The van der Waals surface area contributed by atoms with E-state index in [4.69, 9.17) is 5.11 Å². The molecule has 0 unspecified atom stereocenters. The summed E-state index contributed by atoms with van der Waals surface area (Å²) in [5.41, 5.74) is 0.193. The minimum Gasteiger partial charge on any atom is -0.481 e. The number of hydrogen-bond donors (Lipinski definition) is 4. The molecule has 2 amide bonds. The molecule has 0 atom stereocenters. The van der Waals surface area contributed by atoms with E-state index >= 15 is 0 Å². The first-order valence-corrected chi connectivity index (χ1v) is 6.85. The van der Waals surface area contributed by atoms with Gasteiger partial charge in [-0.2, -0.15) is 0 Å². The fourth-order valence-electron chi connectivity index (χ4n) is 2.71. The Labute approximate surface area is 117 Å². The van der Waals surface area contributed by atoms with Crippen LogP contribution in [0.2, 0.25) is 0 Å². The van der Waals surface area contributed by atoms with E-state index in [9.17, 15) is 9.59 Å². The number of nitrogens with one attached hydrogen (secondary N) is 3. The highest BCUT2D eigenvalue weighted by Crippen LogP contribution is 2.31. The Balaban J connectivity index is 1.89. The molecule has 1 saturated carbocycles. The van der Waals surface area contributed by atoms with E-state index in [1.807, 2.05) is 0 Å². The number of carboxylic acids is 1. The third-order valence-corrected chi connectivity index (χ3v) is 3.67. The molecule has 1 aromatic heterocycles. The largest absolute Gasteiger partial charge is 0.481 e. The standard InChI is InChI=1S/C13H20N4O3/c18-11(19)6-13(4-2-1-3-5-13)17-12(20)15-8-10-7-14-9-16-10/h7,9H,1-6,8H2,(H,14,16)(H,18,19)(H2,15,17,20). The van der Waals surface area contributed by atoms with E-state index in [0.717, 1.165) is 37.8 Å². The van der Waals surface area contributed by atoms with E-state index in [1.54, 1.807) is 12.5 Å². The van der Waals surface area contributed by atoms with Gasteiger partial charge in [0.2, 0.25) is 0 Å². The van der Waals surface area contributed by atoms with Crippen LogP contribution in [-0.2, 0) is 11.3 Å². The number of rotatable bonds is 5. The third kappa shape index (κ3) is 3.97. The fourth-order valence-corrected chi connectivity index (χ4v) is 2.71. The van der Waals surface area contributed by atoms with Gasteiger partial charge in [-0.05, 0) is 12.8 Å². The topological polar surface area (TPSA) is 107 Å². The molecule has 1 aliphatic rings. The number of aromatic nitrogens is 2. The number of nitrogens with zero attached hydrogens (tertiary/aromatic N) is 1. The van der Waals surface area contributed by atoms with E-state index in [1.165, 1.54) is 0 Å². The zero-order valence-electron chi connectivity index (χ0n) is 11.3. The Kier molecular flexibility index (Phi) is 4.60. The number of aromatic amines is 1. The first-order chi connectivity index (χ1) is 9.60. The van der Waals surface area contributed by atoms with Crippen molar-refractivity contribution >= 4 is 12.0 Å². The maximum Gasteiger partial charge on any atom is 0.315 e. The van der Waals surface area contributed by atoms with Crippen molar-refractivity contribution in [1.82, 2.24) is 20.6 Å². The molecule has 1 heterocycles. The van der Waals surface area contributed by atoms with Gasteiger partial charge in [0.15, 0.2) is 0 Å². The summed E-state index contributed by atoms with van der Waals surface area (Å²) in [7, 11) is 0. The number of carbonyl (C=O) groups is 2. The number of imidazole rings is 1. The lowest BCUT2D eigenvalue weighted by Crippen LogP contribution is -2.54. The molecule has 1 aliphatic carbocycles. The second-order valence-electron chi connectivity index (χ2n) is 5.30. The van der Waals surface area contributed by atoms with Crippen LogP contribution < -0.4 is 10.6 Å². The summed E-state index contributed by atoms with van der Waals surface area (Å²) in [6.07, 6.45) is 7.59. The zero-order valence-corrected chi connectivity index (χ0v) is 11.3. The van der Waals surface area contributed by atoms with Crippen LogP contribution >= 0.6 is 0 Å². The lowest BCUT2D eigenvalue weighted by atomic mass is 9.79. The highest BCUT2D eigenvalue weighted by Gasteiger charge is 2.35. The zero-order chi connectivity index (χ0) is 14.4. The van der Waals surface area contributed by atoms with Gasteiger partial charge in [0.25, 0.3) is 0 Å². The lowest BCUT2D eigenvalue weighted by molar-refractivity contribution is -0.139. The lowest BCUT2D eigenvalue weighted by Gasteiger charge is -2.36. The summed E-state index contributed by atoms with van der Waals surface area (Å²) < 4.78 is 0. The van der Waals surface area contributed by atoms with Gasteiger partial charge in [-0.15, -0.1) is 0 Å². The summed E-state index contributed by atoms with van der Waals surface area (Å²) in [6.45, 7) is 0.342. The predicted octanol–water partition coefficient (Wildman–Crippen LogP) is 1.39. The average molecular weight is 280 g/mol. The van der Waals surface area contributed by atoms with E-state index in [-0.39, 0.29) is 12.5 Å². The maximum atomic E-state index is 11.9. The van der Waals surface area contributed by atoms with Gasteiger partial charge in [0.05, 0.1) is 30.5 Å². The summed E-state index contributed by atoms with van der Waals surface area (Å²) in [5, 5.41) is 14.6. The van der Waals surface area contributed by atoms with Crippen molar-refractivity contribution in [2.45, 2.75) is 50.6 Å². The van der Waals surface area contributed by atoms with Gasteiger partial charge in [-0.25, -0.2) is 9.78 Å². The van der Waals surface area contributed by atoms with Crippen LogP contribution in [0, 0.1) is 0 Å². The number of amides is 2. The van der Waals surface area contributed by atoms with Crippen molar-refractivity contribution in [3.8, 4) is 0 Å². The molecule has 20 heavy (non-hydrogen) atoms. The Bertz CT molecular complexity index is 452. The molecule has 7 heteroatoms. The molecule has 0 spiro atoms. The molecule has 0 bridgehead atoms. The Hall–Kier alpha value is -2.05. The molecule has 0 aromatic carbocycles. The number of hydrogen-bond acceptors (Lipinski definition) is 3. The smallest absolute Gasteiger partial charge is 0.315 e. The summed E-state index contributed by atoms with van der Waals surface area (Å²) in [6, 6.07) is -0.331. The Morgan fingerprint density at radius 2 is 2.10 bits per heavy atom. The SMILES string of the molecule is O=C(O)CC1(NC(=O)NCc2cnc[nH]2)CCCCC1. The van der Waals surface area contributed by atoms with E-state index in [2.05, 4.69) is 20.6 Å². The average Bonchev–Trinajstić information content (AvgIpc) is 2.89. The molecule has 2 rings (SSSR count). The van der Waals surface area contributed by atoms with Crippen LogP contribution in [0.5, 0.6) is 0 Å². The minimum atomic E-state index is -0.874. The molecule has 110 valence electrons.